The van der Waals surface area contributed by atoms with Crippen molar-refractivity contribution in [2.24, 2.45) is 0 Å². The Balaban J connectivity index is 1.36. The zero-order valence-corrected chi connectivity index (χ0v) is 27.6. The molecule has 0 unspecified atom stereocenters. The molecule has 18 heteroatoms. The Morgan fingerprint density at radius 2 is 1.82 bits per heavy atom. The van der Waals surface area contributed by atoms with Crippen LogP contribution < -0.4 is 23.8 Å². The van der Waals surface area contributed by atoms with Gasteiger partial charge in [0.1, 0.15) is 34.3 Å². The number of hydrogen-bond donors (Lipinski definition) is 2. The molecule has 2 aromatic heterocycles. The van der Waals surface area contributed by atoms with Gasteiger partial charge in [-0.15, -0.1) is 0 Å². The lowest BCUT2D eigenvalue weighted by Crippen LogP contribution is -2.31. The molecule has 0 spiro atoms. The Kier molecular flexibility index (Phi) is 9.22. The zero-order chi connectivity index (χ0) is 34.9. The van der Waals surface area contributed by atoms with Crippen molar-refractivity contribution < 1.29 is 45.8 Å². The quantitative estimate of drug-likeness (QED) is 0.135. The van der Waals surface area contributed by atoms with Gasteiger partial charge < -0.3 is 23.8 Å². The second-order valence-electron chi connectivity index (χ2n) is 10.0. The molecule has 49 heavy (non-hydrogen) atoms. The number of sulfonamides is 1. The van der Waals surface area contributed by atoms with Gasteiger partial charge in [0.2, 0.25) is 5.13 Å². The lowest BCUT2D eigenvalue weighted by molar-refractivity contribution is 0.209. The van der Waals surface area contributed by atoms with Gasteiger partial charge in [0.05, 0.1) is 26.2 Å². The minimum absolute atomic E-state index is 0.0175. The maximum Gasteiger partial charge on any atom is 0.410 e. The smallest absolute Gasteiger partial charge is 0.410 e. The van der Waals surface area contributed by atoms with Crippen LogP contribution in [0.3, 0.4) is 0 Å². The first-order valence-corrected chi connectivity index (χ1v) is 16.4. The van der Waals surface area contributed by atoms with Gasteiger partial charge in [-0.05, 0) is 48.0 Å². The number of carboxylic acid groups (broad SMARTS) is 1. The molecule has 0 fully saturated rings. The van der Waals surface area contributed by atoms with Crippen LogP contribution in [-0.2, 0) is 16.6 Å². The third kappa shape index (κ3) is 6.76. The van der Waals surface area contributed by atoms with Crippen LogP contribution in [0.2, 0.25) is 5.02 Å². The molecule has 4 aromatic carbocycles. The van der Waals surface area contributed by atoms with Crippen LogP contribution in [0.5, 0.6) is 23.0 Å². The summed E-state index contributed by atoms with van der Waals surface area (Å²) < 4.78 is 85.6. The minimum Gasteiger partial charge on any atom is -0.497 e. The van der Waals surface area contributed by atoms with Crippen LogP contribution >= 0.6 is 23.1 Å². The fourth-order valence-corrected chi connectivity index (χ4v) is 7.17. The number of rotatable bonds is 11. The van der Waals surface area contributed by atoms with E-state index in [4.69, 9.17) is 35.4 Å². The lowest BCUT2D eigenvalue weighted by Gasteiger charge is -2.23. The van der Waals surface area contributed by atoms with Crippen molar-refractivity contribution in [2.45, 2.75) is 11.4 Å². The molecule has 13 nitrogen and oxygen atoms in total. The van der Waals surface area contributed by atoms with Crippen LogP contribution in [0, 0.1) is 11.6 Å². The summed E-state index contributed by atoms with van der Waals surface area (Å²) in [7, 11) is -1.94. The van der Waals surface area contributed by atoms with Crippen LogP contribution in [0.4, 0.5) is 24.5 Å². The zero-order valence-electron chi connectivity index (χ0n) is 25.2. The topological polar surface area (TPSA) is 166 Å². The highest BCUT2D eigenvalue weighted by molar-refractivity contribution is 7.93. The van der Waals surface area contributed by atoms with Crippen LogP contribution in [0.25, 0.3) is 22.1 Å². The Morgan fingerprint density at radius 3 is 2.53 bits per heavy atom. The number of methoxy groups -OCH3 is 2. The van der Waals surface area contributed by atoms with Gasteiger partial charge in [-0.2, -0.15) is 4.37 Å². The Morgan fingerprint density at radius 1 is 1.00 bits per heavy atom. The summed E-state index contributed by atoms with van der Waals surface area (Å²) in [5.74, 6) is -2.43. The predicted molar refractivity (Wildman–Crippen MR) is 175 cm³/mol. The van der Waals surface area contributed by atoms with Crippen molar-refractivity contribution in [3.63, 3.8) is 0 Å². The van der Waals surface area contributed by atoms with Gasteiger partial charge in [0, 0.05) is 45.9 Å². The first-order valence-electron chi connectivity index (χ1n) is 13.8. The predicted octanol–water partition coefficient (Wildman–Crippen LogP) is 7.57. The summed E-state index contributed by atoms with van der Waals surface area (Å²) >= 11 is 6.99. The van der Waals surface area contributed by atoms with Gasteiger partial charge >= 0.3 is 6.09 Å². The Hall–Kier alpha value is -5.52. The summed E-state index contributed by atoms with van der Waals surface area (Å²) in [5.41, 5.74) is 1.40. The van der Waals surface area contributed by atoms with E-state index in [9.17, 15) is 13.2 Å². The molecule has 6 rings (SSSR count). The number of anilines is 2. The van der Waals surface area contributed by atoms with Gasteiger partial charge in [-0.25, -0.2) is 31.3 Å². The summed E-state index contributed by atoms with van der Waals surface area (Å²) in [4.78, 5) is 14.2. The average Bonchev–Trinajstić information content (AvgIpc) is 3.75. The SMILES string of the molecule is COc1ccc(CN(c2ncns2)S(=O)(=O)c2cc(F)c(Oc3ccc(Cl)cc3-c3ccc4onc(NC(=O)O)c4c3)cc2F)c(OC)c1. The number of halogens is 3. The van der Waals surface area contributed by atoms with E-state index in [0.29, 0.717) is 40.0 Å². The van der Waals surface area contributed by atoms with E-state index in [1.54, 1.807) is 30.3 Å². The number of aromatic nitrogens is 3. The third-order valence-electron chi connectivity index (χ3n) is 7.09. The van der Waals surface area contributed by atoms with Crippen molar-refractivity contribution in [3.8, 4) is 34.1 Å². The summed E-state index contributed by atoms with van der Waals surface area (Å²) in [5, 5.41) is 15.5. The molecule has 0 radical (unpaired) electrons. The van der Waals surface area contributed by atoms with Crippen molar-refractivity contribution in [1.29, 1.82) is 0 Å². The second-order valence-corrected chi connectivity index (χ2v) is 13.1. The standard InChI is InChI=1S/C31H22ClF2N5O8S2/c1-44-19-6-3-17(26(11-19)45-2)14-39(30-35-15-36-48-30)49(42,43)28-13-22(33)27(12-23(28)34)46-24-8-5-18(32)10-20(24)16-4-7-25-21(9-16)29(38-47-25)37-31(40)41/h3-13,15H,14H2,1-2H3,(H,37,38)(H,40,41). The van der Waals surface area contributed by atoms with Gasteiger partial charge in [0.15, 0.2) is 23.0 Å². The number of benzene rings is 4. The number of fused-ring (bicyclic) bond motifs is 1. The molecule has 2 heterocycles. The molecule has 2 N–H and O–H groups in total. The number of hydrogen-bond acceptors (Lipinski definition) is 11. The normalized spacial score (nSPS) is 11.4. The maximum absolute atomic E-state index is 15.8. The van der Waals surface area contributed by atoms with E-state index in [1.165, 1.54) is 38.5 Å². The van der Waals surface area contributed by atoms with Gasteiger partial charge in [-0.3, -0.25) is 5.32 Å². The maximum atomic E-state index is 15.8. The highest BCUT2D eigenvalue weighted by Gasteiger charge is 2.33. The second kappa shape index (κ2) is 13.5. The van der Waals surface area contributed by atoms with E-state index < -0.39 is 38.4 Å². The average molecular weight is 730 g/mol. The summed E-state index contributed by atoms with van der Waals surface area (Å²) in [6, 6.07) is 14.9. The fourth-order valence-electron chi connectivity index (χ4n) is 4.81. The number of carbonyl (C=O) groups is 1. The number of nitrogens with zero attached hydrogens (tertiary/aromatic N) is 4. The molecule has 0 saturated heterocycles. The molecule has 252 valence electrons. The van der Waals surface area contributed by atoms with Crippen LogP contribution in [0.15, 0.2) is 82.5 Å². The van der Waals surface area contributed by atoms with Crippen molar-refractivity contribution in [2.75, 3.05) is 23.8 Å². The minimum atomic E-state index is -4.79. The molecular formula is C31H22ClF2N5O8S2. The molecule has 1 amide bonds. The molecule has 6 aromatic rings. The van der Waals surface area contributed by atoms with E-state index >= 15 is 8.78 Å². The van der Waals surface area contributed by atoms with Crippen LogP contribution in [0.1, 0.15) is 5.56 Å². The van der Waals surface area contributed by atoms with Gasteiger partial charge in [0.25, 0.3) is 10.0 Å². The van der Waals surface area contributed by atoms with Crippen molar-refractivity contribution in [1.82, 2.24) is 14.5 Å². The number of ether oxygens (including phenoxy) is 3. The number of nitrogens with one attached hydrogen (secondary N) is 1. The van der Waals surface area contributed by atoms with E-state index in [2.05, 4.69) is 19.8 Å². The first kappa shape index (κ1) is 33.4. The van der Waals surface area contributed by atoms with Gasteiger partial charge in [-0.1, -0.05) is 22.8 Å². The number of amides is 1. The molecular weight excluding hydrogens is 708 g/mol. The Bertz CT molecular complexity index is 2310. The lowest BCUT2D eigenvalue weighted by atomic mass is 10.0. The van der Waals surface area contributed by atoms with E-state index in [-0.39, 0.29) is 39.6 Å². The van der Waals surface area contributed by atoms with Crippen molar-refractivity contribution in [3.05, 3.63) is 95.3 Å². The fraction of sp³-hybridized carbons (Fsp3) is 0.0968. The summed E-state index contributed by atoms with van der Waals surface area (Å²) in [6.07, 6.45) is -0.224. The first-order chi connectivity index (χ1) is 23.5. The molecule has 0 bridgehead atoms. The molecule has 0 aliphatic rings. The molecule has 0 saturated carbocycles. The Labute approximate surface area is 285 Å². The van der Waals surface area contributed by atoms with E-state index in [0.717, 1.165) is 22.2 Å². The highest BCUT2D eigenvalue weighted by atomic mass is 35.5. The highest BCUT2D eigenvalue weighted by Crippen LogP contribution is 2.40. The molecule has 0 atom stereocenters. The van der Waals surface area contributed by atoms with Crippen molar-refractivity contribution >= 4 is 61.2 Å². The monoisotopic (exact) mass is 729 g/mol. The van der Waals surface area contributed by atoms with Crippen LogP contribution in [-0.4, -0.2) is 48.4 Å². The third-order valence-corrected chi connectivity index (χ3v) is 9.88. The molecule has 0 aliphatic carbocycles. The summed E-state index contributed by atoms with van der Waals surface area (Å²) in [6.45, 7) is -0.363. The largest absolute Gasteiger partial charge is 0.497 e. The van der Waals surface area contributed by atoms with E-state index in [1.807, 2.05) is 0 Å². The molecule has 0 aliphatic heterocycles.